The Hall–Kier alpha value is -2.68. The van der Waals surface area contributed by atoms with E-state index in [0.29, 0.717) is 46.4 Å². The third-order valence-electron chi connectivity index (χ3n) is 6.84. The van der Waals surface area contributed by atoms with E-state index in [1.54, 1.807) is 30.3 Å². The fourth-order valence-corrected chi connectivity index (χ4v) is 5.35. The minimum Gasteiger partial charge on any atom is -0.494 e. The second-order valence-electron chi connectivity index (χ2n) is 10.2. The van der Waals surface area contributed by atoms with Gasteiger partial charge in [0, 0.05) is 23.9 Å². The van der Waals surface area contributed by atoms with Crippen LogP contribution in [0.1, 0.15) is 93.0 Å². The highest BCUT2D eigenvalue weighted by Crippen LogP contribution is 2.31. The summed E-state index contributed by atoms with van der Waals surface area (Å²) in [6.45, 7) is 10.5. The fraction of sp³-hybridized carbons (Fsp3) is 0.516. The highest BCUT2D eigenvalue weighted by atomic mass is 32.2. The highest BCUT2D eigenvalue weighted by Gasteiger charge is 2.23. The molecular weight excluding hydrogens is 512 g/mol. The van der Waals surface area contributed by atoms with Gasteiger partial charge in [0.25, 0.3) is 0 Å². The lowest BCUT2D eigenvalue weighted by Gasteiger charge is -2.21. The summed E-state index contributed by atoms with van der Waals surface area (Å²) in [7, 11) is -3.70. The number of nitrogens with two attached hydrogens (primary N) is 1. The molecule has 8 heteroatoms. The Morgan fingerprint density at radius 3 is 2.15 bits per heavy atom. The number of benzene rings is 2. The van der Waals surface area contributed by atoms with E-state index in [0.717, 1.165) is 44.6 Å². The zero-order chi connectivity index (χ0) is 28.3. The Morgan fingerprint density at radius 1 is 0.897 bits per heavy atom. The molecule has 0 saturated carbocycles. The van der Waals surface area contributed by atoms with Gasteiger partial charge in [-0.3, -0.25) is 4.79 Å². The normalized spacial score (nSPS) is 11.9. The number of primary sulfonamides is 1. The molecule has 0 fully saturated rings. The van der Waals surface area contributed by atoms with Gasteiger partial charge in [0.15, 0.2) is 5.78 Å². The summed E-state index contributed by atoms with van der Waals surface area (Å²) >= 11 is 0. The molecule has 0 aliphatic rings. The van der Waals surface area contributed by atoms with Crippen molar-refractivity contribution in [2.24, 2.45) is 5.14 Å². The van der Waals surface area contributed by atoms with Gasteiger partial charge in [-0.15, -0.1) is 0 Å². The summed E-state index contributed by atoms with van der Waals surface area (Å²) in [6, 6.07) is 12.3. The van der Waals surface area contributed by atoms with Gasteiger partial charge in [-0.05, 0) is 80.7 Å². The predicted molar refractivity (Wildman–Crippen MR) is 158 cm³/mol. The van der Waals surface area contributed by atoms with Crippen molar-refractivity contribution in [3.63, 3.8) is 0 Å². The van der Waals surface area contributed by atoms with Gasteiger partial charge in [-0.2, -0.15) is 0 Å². The van der Waals surface area contributed by atoms with E-state index in [9.17, 15) is 13.2 Å². The minimum absolute atomic E-state index is 0.151. The van der Waals surface area contributed by atoms with Crippen molar-refractivity contribution in [2.75, 3.05) is 26.2 Å². The first-order valence-corrected chi connectivity index (χ1v) is 16.0. The third-order valence-corrected chi connectivity index (χ3v) is 7.57. The Balaban J connectivity index is 1.71. The summed E-state index contributed by atoms with van der Waals surface area (Å²) in [4.78, 5) is 16.2. The van der Waals surface area contributed by atoms with Crippen LogP contribution in [0.3, 0.4) is 0 Å². The number of sulfonamides is 1. The first-order chi connectivity index (χ1) is 18.8. The first kappa shape index (κ1) is 30.9. The average molecular weight is 557 g/mol. The van der Waals surface area contributed by atoms with Crippen LogP contribution in [-0.2, 0) is 22.2 Å². The van der Waals surface area contributed by atoms with Crippen LogP contribution in [-0.4, -0.2) is 45.3 Å². The molecule has 3 rings (SSSR count). The van der Waals surface area contributed by atoms with E-state index >= 15 is 0 Å². The van der Waals surface area contributed by atoms with Gasteiger partial charge in [0.2, 0.25) is 10.0 Å². The van der Waals surface area contributed by atoms with Crippen molar-refractivity contribution in [3.8, 4) is 5.75 Å². The van der Waals surface area contributed by atoms with Gasteiger partial charge in [0.05, 0.1) is 17.9 Å². The largest absolute Gasteiger partial charge is 0.494 e. The number of ether oxygens (including phenoxy) is 1. The van der Waals surface area contributed by atoms with Crippen LogP contribution in [0.5, 0.6) is 5.75 Å². The smallest absolute Gasteiger partial charge is 0.213 e. The lowest BCUT2D eigenvalue weighted by molar-refractivity contribution is 0.103. The number of ketones is 1. The molecule has 2 N–H and O–H groups in total. The Morgan fingerprint density at radius 2 is 1.54 bits per heavy atom. The van der Waals surface area contributed by atoms with Crippen molar-refractivity contribution in [2.45, 2.75) is 77.9 Å². The van der Waals surface area contributed by atoms with Crippen molar-refractivity contribution < 1.29 is 22.4 Å². The number of furan rings is 1. The molecule has 1 aromatic heterocycles. The summed E-state index contributed by atoms with van der Waals surface area (Å²) in [5.41, 5.74) is 2.11. The van der Waals surface area contributed by atoms with E-state index in [4.69, 9.17) is 14.3 Å². The van der Waals surface area contributed by atoms with E-state index in [1.807, 2.05) is 12.1 Å². The molecule has 0 atom stereocenters. The van der Waals surface area contributed by atoms with Gasteiger partial charge < -0.3 is 14.1 Å². The molecule has 0 spiro atoms. The second kappa shape index (κ2) is 15.2. The molecule has 7 nitrogen and oxygen atoms in total. The SMILES string of the molecule is CCCCc1oc2ccc(CS(N)(=O)=O)cc2c1C(=O)c1ccc(OCCCN(CCCC)CCCC)cc1. The zero-order valence-electron chi connectivity index (χ0n) is 23.7. The highest BCUT2D eigenvalue weighted by molar-refractivity contribution is 7.88. The number of rotatable bonds is 18. The number of carbonyl (C=O) groups excluding carboxylic acids is 1. The Bertz CT molecular complexity index is 1290. The van der Waals surface area contributed by atoms with E-state index in [2.05, 4.69) is 25.7 Å². The van der Waals surface area contributed by atoms with Crippen LogP contribution in [0.25, 0.3) is 11.0 Å². The molecule has 3 aromatic rings. The van der Waals surface area contributed by atoms with Crippen molar-refractivity contribution in [3.05, 3.63) is 64.9 Å². The Kier molecular flexibility index (Phi) is 12.0. The van der Waals surface area contributed by atoms with Gasteiger partial charge >= 0.3 is 0 Å². The van der Waals surface area contributed by atoms with E-state index < -0.39 is 10.0 Å². The minimum atomic E-state index is -3.70. The monoisotopic (exact) mass is 556 g/mol. The molecule has 0 unspecified atom stereocenters. The van der Waals surface area contributed by atoms with Gasteiger partial charge in [-0.25, -0.2) is 13.6 Å². The molecule has 0 aliphatic heterocycles. The summed E-state index contributed by atoms with van der Waals surface area (Å²) in [5, 5.41) is 5.86. The zero-order valence-corrected chi connectivity index (χ0v) is 24.5. The third kappa shape index (κ3) is 9.48. The number of aryl methyl sites for hydroxylation is 1. The molecule has 0 radical (unpaired) electrons. The van der Waals surface area contributed by atoms with Crippen molar-refractivity contribution in [1.29, 1.82) is 0 Å². The molecule has 0 saturated heterocycles. The summed E-state index contributed by atoms with van der Waals surface area (Å²) < 4.78 is 35.3. The molecule has 1 heterocycles. The number of carbonyl (C=O) groups is 1. The standard InChI is InChI=1S/C31H44N2O5S/c1-4-7-11-29-30(27-22-24(23-39(32,35)36)12-17-28(27)38-29)31(34)25-13-15-26(16-14-25)37-21-10-20-33(18-8-5-2)19-9-6-3/h12-17,22H,4-11,18-21,23H2,1-3H3,(H2,32,35,36). The van der Waals surface area contributed by atoms with Crippen LogP contribution in [0.2, 0.25) is 0 Å². The van der Waals surface area contributed by atoms with Crippen molar-refractivity contribution >= 4 is 26.8 Å². The molecule has 0 bridgehead atoms. The molecule has 0 amide bonds. The maximum Gasteiger partial charge on any atom is 0.213 e. The Labute approximate surface area is 233 Å². The number of unbranched alkanes of at least 4 members (excludes halogenated alkanes) is 3. The molecular formula is C31H44N2O5S. The van der Waals surface area contributed by atoms with E-state index in [-0.39, 0.29) is 11.5 Å². The maximum atomic E-state index is 13.7. The molecule has 39 heavy (non-hydrogen) atoms. The predicted octanol–water partition coefficient (Wildman–Crippen LogP) is 6.47. The molecule has 0 aliphatic carbocycles. The number of nitrogens with zero attached hydrogens (tertiary/aromatic N) is 1. The first-order valence-electron chi connectivity index (χ1n) is 14.3. The van der Waals surface area contributed by atoms with Crippen LogP contribution in [0.15, 0.2) is 46.9 Å². The van der Waals surface area contributed by atoms with Crippen LogP contribution in [0.4, 0.5) is 0 Å². The quantitative estimate of drug-likeness (QED) is 0.142. The number of fused-ring (bicyclic) bond motifs is 1. The summed E-state index contributed by atoms with van der Waals surface area (Å²) in [5.74, 6) is 0.911. The van der Waals surface area contributed by atoms with Crippen LogP contribution >= 0.6 is 0 Å². The second-order valence-corrected chi connectivity index (χ2v) is 11.9. The number of hydrogen-bond acceptors (Lipinski definition) is 6. The molecule has 214 valence electrons. The average Bonchev–Trinajstić information content (AvgIpc) is 3.27. The maximum absolute atomic E-state index is 13.7. The van der Waals surface area contributed by atoms with Crippen LogP contribution < -0.4 is 9.88 Å². The van der Waals surface area contributed by atoms with Crippen molar-refractivity contribution in [1.82, 2.24) is 4.90 Å². The topological polar surface area (TPSA) is 103 Å². The lowest BCUT2D eigenvalue weighted by atomic mass is 9.97. The number of hydrogen-bond donors (Lipinski definition) is 1. The molecule has 2 aromatic carbocycles. The fourth-order valence-electron chi connectivity index (χ4n) is 4.70. The summed E-state index contributed by atoms with van der Waals surface area (Å²) in [6.07, 6.45) is 8.28. The van der Waals surface area contributed by atoms with Gasteiger partial charge in [-0.1, -0.05) is 46.1 Å². The van der Waals surface area contributed by atoms with Crippen LogP contribution in [0, 0.1) is 0 Å². The van der Waals surface area contributed by atoms with Gasteiger partial charge in [0.1, 0.15) is 17.1 Å². The van der Waals surface area contributed by atoms with E-state index in [1.165, 1.54) is 25.7 Å². The lowest BCUT2D eigenvalue weighted by Crippen LogP contribution is -2.28.